The zero-order chi connectivity index (χ0) is 8.72. The van der Waals surface area contributed by atoms with Gasteiger partial charge < -0.3 is 9.84 Å². The second kappa shape index (κ2) is 2.75. The number of hydrogen-bond acceptors (Lipinski definition) is 3. The molecule has 13 heavy (non-hydrogen) atoms. The van der Waals surface area contributed by atoms with Crippen molar-refractivity contribution in [1.29, 1.82) is 0 Å². The van der Waals surface area contributed by atoms with Gasteiger partial charge in [-0.3, -0.25) is 9.69 Å². The number of hydrogen-bond donors (Lipinski definition) is 1. The Kier molecular flexibility index (Phi) is 1.90. The van der Waals surface area contributed by atoms with Gasteiger partial charge in [0.05, 0.1) is 6.10 Å². The van der Waals surface area contributed by atoms with Crippen LogP contribution in [0, 0.1) is 0 Å². The molecule has 2 aliphatic rings. The summed E-state index contributed by atoms with van der Waals surface area (Å²) in [6, 6.07) is -0.525. The summed E-state index contributed by atoms with van der Waals surface area (Å²) in [6.07, 6.45) is -0.571. The molecule has 2 saturated heterocycles. The Morgan fingerprint density at radius 1 is 1.62 bits per heavy atom. The van der Waals surface area contributed by atoms with E-state index in [0.29, 0.717) is 13.0 Å². The molecular weight excluding hydrogens is 419 g/mol. The quantitative estimate of drug-likeness (QED) is 0.576. The van der Waals surface area contributed by atoms with E-state index in [0.717, 1.165) is 0 Å². The minimum atomic E-state index is -1.03. The van der Waals surface area contributed by atoms with Crippen molar-refractivity contribution in [1.82, 2.24) is 4.90 Å². The second-order valence-corrected chi connectivity index (χ2v) is 3.03. The molecule has 0 aliphatic carbocycles. The molecular formula is C7H9FmNO4. The molecule has 0 unspecified atom stereocenters. The first-order valence-electron chi connectivity index (χ1n) is 3.84. The molecule has 0 saturated carbocycles. The molecule has 2 rings (SSSR count). The number of rotatable bonds is 0. The van der Waals surface area contributed by atoms with Crippen molar-refractivity contribution >= 4 is 11.9 Å². The maximum atomic E-state index is 11.1. The van der Waals surface area contributed by atoms with Gasteiger partial charge >= 0.3 is 6.09 Å². The Labute approximate surface area is 68.9 Å². The van der Waals surface area contributed by atoms with E-state index >= 15 is 0 Å². The van der Waals surface area contributed by atoms with E-state index in [4.69, 9.17) is 9.84 Å². The number of amides is 1. The standard InChI is InChI=1S/C7H9NO4.Fm/c9-4-3-12-5-1-2-8(6(4)5)7(10)11;/h5-6H,1-3H2,(H,10,11);/t5-,6-;/m1./s1. The third kappa shape index (κ3) is 1.08. The summed E-state index contributed by atoms with van der Waals surface area (Å²) >= 11 is 0. The summed E-state index contributed by atoms with van der Waals surface area (Å²) in [4.78, 5) is 22.9. The molecule has 0 aromatic carbocycles. The predicted molar refractivity (Wildman–Crippen MR) is 37.9 cm³/mol. The summed E-state index contributed by atoms with van der Waals surface area (Å²) in [5.74, 6) is -0.111. The summed E-state index contributed by atoms with van der Waals surface area (Å²) in [6.45, 7) is 0.482. The van der Waals surface area contributed by atoms with E-state index in [-0.39, 0.29) is 18.5 Å². The van der Waals surface area contributed by atoms with Gasteiger partial charge in [0.25, 0.3) is 0 Å². The zero-order valence-corrected chi connectivity index (χ0v) is 9.09. The van der Waals surface area contributed by atoms with Crippen LogP contribution in [0.5, 0.6) is 0 Å². The van der Waals surface area contributed by atoms with E-state index in [1.54, 1.807) is 0 Å². The first-order valence-corrected chi connectivity index (χ1v) is 3.84. The van der Waals surface area contributed by atoms with Crippen molar-refractivity contribution in [3.63, 3.8) is 0 Å². The molecule has 78 valence electrons. The molecule has 0 aromatic heterocycles. The number of fused-ring (bicyclic) bond motifs is 1. The van der Waals surface area contributed by atoms with Gasteiger partial charge in [-0.2, -0.15) is 0 Å². The van der Waals surface area contributed by atoms with Crippen molar-refractivity contribution in [3.8, 4) is 0 Å². The van der Waals surface area contributed by atoms with Gasteiger partial charge in [-0.05, 0) is 6.42 Å². The molecule has 2 fully saturated rings. The predicted octanol–water partition coefficient (Wildman–Crippen LogP) is -0.293. The van der Waals surface area contributed by atoms with Crippen LogP contribution in [0.4, 0.5) is 4.79 Å². The Balaban J connectivity index is 0.000000845. The van der Waals surface area contributed by atoms with Crippen molar-refractivity contribution in [2.45, 2.75) is 18.6 Å². The average molecular weight is 428 g/mol. The molecule has 0 spiro atoms. The van der Waals surface area contributed by atoms with Crippen molar-refractivity contribution in [2.75, 3.05) is 13.2 Å². The van der Waals surface area contributed by atoms with Gasteiger partial charge in [0.1, 0.15) is 12.6 Å². The molecule has 0 bridgehead atoms. The molecule has 5 nitrogen and oxygen atoms in total. The van der Waals surface area contributed by atoms with E-state index in [2.05, 4.69) is 0 Å². The molecule has 0 radical (unpaired) electrons. The molecule has 1 amide bonds. The van der Waals surface area contributed by atoms with Crippen LogP contribution in [0.15, 0.2) is 0 Å². The third-order valence-electron chi connectivity index (χ3n) is 2.36. The maximum absolute atomic E-state index is 11.1. The van der Waals surface area contributed by atoms with E-state index in [1.807, 2.05) is 0 Å². The van der Waals surface area contributed by atoms with Crippen LogP contribution in [0.3, 0.4) is 0 Å². The number of Topliss-reactive ketones (excluding diaryl/α,β-unsaturated/α-hetero) is 1. The topological polar surface area (TPSA) is 66.8 Å². The van der Waals surface area contributed by atoms with Gasteiger partial charge in [-0.15, -0.1) is 0 Å². The van der Waals surface area contributed by atoms with Crippen LogP contribution in [-0.4, -0.2) is 47.2 Å². The maximum Gasteiger partial charge on any atom is 0.408 e. The van der Waals surface area contributed by atoms with Crippen LogP contribution < -0.4 is 0 Å². The number of carboxylic acid groups (broad SMARTS) is 1. The number of ketones is 1. The SMILES string of the molecule is O=C1CO[C@@H]2CCN(C(=O)O)[C@H]12.[Fm]. The molecule has 1 N–H and O–H groups in total. The van der Waals surface area contributed by atoms with Crippen LogP contribution in [-0.2, 0) is 9.53 Å². The fourth-order valence-corrected chi connectivity index (χ4v) is 1.81. The summed E-state index contributed by atoms with van der Waals surface area (Å²) in [7, 11) is 0. The van der Waals surface area contributed by atoms with Crippen LogP contribution >= 0.6 is 0 Å². The van der Waals surface area contributed by atoms with E-state index in [1.165, 1.54) is 4.90 Å². The minimum absolute atomic E-state index is 0. The summed E-state index contributed by atoms with van der Waals surface area (Å²) in [5.41, 5.74) is 0. The molecule has 6 heteroatoms. The number of carbonyl (C=O) groups is 2. The summed E-state index contributed by atoms with van der Waals surface area (Å²) < 4.78 is 5.12. The average Bonchev–Trinajstić information content (AvgIpc) is 2.53. The smallest absolute Gasteiger partial charge is 0.408 e. The van der Waals surface area contributed by atoms with Gasteiger partial charge in [-0.25, -0.2) is 4.79 Å². The van der Waals surface area contributed by atoms with Gasteiger partial charge in [0.2, 0.25) is 0 Å². The minimum Gasteiger partial charge on any atom is -0.465 e. The zero-order valence-electron chi connectivity index (χ0n) is 6.68. The fraction of sp³-hybridized carbons (Fsp3) is 0.714. The first-order chi connectivity index (χ1) is 5.70. The molecule has 2 aliphatic heterocycles. The third-order valence-corrected chi connectivity index (χ3v) is 2.36. The number of likely N-dealkylation sites (tertiary alicyclic amines) is 1. The number of carbonyl (C=O) groups excluding carboxylic acids is 1. The molecule has 2 atom stereocenters. The van der Waals surface area contributed by atoms with Gasteiger partial charge in [-0.1, -0.05) is 0 Å². The van der Waals surface area contributed by atoms with Crippen molar-refractivity contribution in [3.05, 3.63) is 0 Å². The van der Waals surface area contributed by atoms with Crippen LogP contribution in [0.1, 0.15) is 6.42 Å². The van der Waals surface area contributed by atoms with Crippen molar-refractivity contribution in [2.24, 2.45) is 0 Å². The van der Waals surface area contributed by atoms with E-state index in [9.17, 15) is 9.59 Å². The normalized spacial score (nSPS) is 31.4. The largest absolute Gasteiger partial charge is 0.465 e. The number of nitrogens with zero attached hydrogens (tertiary/aromatic N) is 1. The Morgan fingerprint density at radius 3 is 2.92 bits per heavy atom. The second-order valence-electron chi connectivity index (χ2n) is 3.03. The van der Waals surface area contributed by atoms with Gasteiger partial charge in [0.15, 0.2) is 5.78 Å². The molecule has 2 heterocycles. The van der Waals surface area contributed by atoms with E-state index < -0.39 is 12.1 Å². The fourth-order valence-electron chi connectivity index (χ4n) is 1.81. The van der Waals surface area contributed by atoms with Crippen LogP contribution in [0.25, 0.3) is 0 Å². The summed E-state index contributed by atoms with van der Waals surface area (Å²) in [5, 5.41) is 8.70. The monoisotopic (exact) mass is 428 g/mol. The Hall–Kier alpha value is -2.10. The van der Waals surface area contributed by atoms with Gasteiger partial charge in [0, 0.05) is 6.54 Å². The Morgan fingerprint density at radius 2 is 2.31 bits per heavy atom. The molecule has 0 aromatic rings. The Bertz CT molecular complexity index is 245. The van der Waals surface area contributed by atoms with Crippen molar-refractivity contribution < 1.29 is 19.4 Å². The first kappa shape index (κ1) is 8.99. The number of ether oxygens (including phenoxy) is 1. The van der Waals surface area contributed by atoms with Crippen LogP contribution in [0.2, 0.25) is 0 Å².